The fraction of sp³-hybridized carbons (Fsp3) is 0.500. The average Bonchev–Trinajstić information content (AvgIpc) is 3.57. The van der Waals surface area contributed by atoms with Crippen LogP contribution in [0.15, 0.2) is 35.5 Å². The van der Waals surface area contributed by atoms with Gasteiger partial charge in [-0.15, -0.1) is 0 Å². The van der Waals surface area contributed by atoms with Crippen molar-refractivity contribution in [3.8, 4) is 5.88 Å². The number of nitrogen functional groups attached to an aromatic ring is 1. The minimum atomic E-state index is -4.97. The number of phosphoric acid groups is 2. The Bertz CT molecular complexity index is 1570. The smallest absolute Gasteiger partial charge is 0.448 e. The SMILES string of the molecule is Nc1nc2c(ncn2[C@@H]2O[C@@H]3COP(=O)(O)O[C@H]4C[C@H](Oc5ccccn5)O[C@@H]4COP(=O)(O)O[C@@H]2[C@@H]3O)c(=O)[nH]1. The van der Waals surface area contributed by atoms with Gasteiger partial charge >= 0.3 is 15.6 Å². The molecule has 0 spiro atoms. The highest BCUT2D eigenvalue weighted by Gasteiger charge is 2.52. The second-order valence-corrected chi connectivity index (χ2v) is 12.0. The Labute approximate surface area is 229 Å². The highest BCUT2D eigenvalue weighted by atomic mass is 31.2. The molecule has 41 heavy (non-hydrogen) atoms. The summed E-state index contributed by atoms with van der Waals surface area (Å²) < 4.78 is 64.9. The number of nitrogens with two attached hydrogens (primary N) is 1. The van der Waals surface area contributed by atoms with Crippen LogP contribution in [-0.2, 0) is 36.7 Å². The van der Waals surface area contributed by atoms with Gasteiger partial charge in [-0.05, 0) is 6.07 Å². The van der Waals surface area contributed by atoms with E-state index in [0.29, 0.717) is 0 Å². The number of ether oxygens (including phenoxy) is 3. The Morgan fingerprint density at radius 3 is 2.56 bits per heavy atom. The van der Waals surface area contributed by atoms with Crippen molar-refractivity contribution >= 4 is 32.8 Å². The van der Waals surface area contributed by atoms with Crippen molar-refractivity contribution in [3.63, 3.8) is 0 Å². The third-order valence-electron chi connectivity index (χ3n) is 6.42. The number of H-pyrrole nitrogens is 1. The highest BCUT2D eigenvalue weighted by molar-refractivity contribution is 7.47. The van der Waals surface area contributed by atoms with Crippen molar-refractivity contribution in [3.05, 3.63) is 41.1 Å². The van der Waals surface area contributed by atoms with E-state index >= 15 is 0 Å². The van der Waals surface area contributed by atoms with Gasteiger partial charge in [-0.1, -0.05) is 6.07 Å². The number of nitrogens with zero attached hydrogens (tertiary/aromatic N) is 4. The first-order valence-electron chi connectivity index (χ1n) is 12.1. The van der Waals surface area contributed by atoms with Crippen molar-refractivity contribution in [2.75, 3.05) is 18.9 Å². The molecule has 3 aliphatic heterocycles. The van der Waals surface area contributed by atoms with Gasteiger partial charge in [-0.25, -0.2) is 19.1 Å². The number of hydrogen-bond acceptors (Lipinski definition) is 15. The van der Waals surface area contributed by atoms with Gasteiger partial charge < -0.3 is 34.8 Å². The van der Waals surface area contributed by atoms with E-state index in [1.54, 1.807) is 18.2 Å². The van der Waals surface area contributed by atoms with Crippen LogP contribution in [-0.4, -0.2) is 89.4 Å². The van der Waals surface area contributed by atoms with E-state index < -0.39 is 77.5 Å². The van der Waals surface area contributed by atoms with Crippen LogP contribution in [0.4, 0.5) is 5.95 Å². The lowest BCUT2D eigenvalue weighted by Crippen LogP contribution is -2.35. The lowest BCUT2D eigenvalue weighted by Gasteiger charge is -2.25. The van der Waals surface area contributed by atoms with Gasteiger partial charge in [0.2, 0.25) is 18.1 Å². The maximum Gasteiger partial charge on any atom is 0.472 e. The summed E-state index contributed by atoms with van der Waals surface area (Å²) in [4.78, 5) is 47.5. The van der Waals surface area contributed by atoms with Crippen molar-refractivity contribution < 1.29 is 56.3 Å². The molecule has 3 fully saturated rings. The quantitative estimate of drug-likeness (QED) is 0.233. The zero-order valence-electron chi connectivity index (χ0n) is 20.7. The minimum Gasteiger partial charge on any atom is -0.448 e. The summed E-state index contributed by atoms with van der Waals surface area (Å²) in [7, 11) is -9.79. The molecule has 0 radical (unpaired) electrons. The lowest BCUT2D eigenvalue weighted by molar-refractivity contribution is -0.0976. The maximum atomic E-state index is 13.0. The van der Waals surface area contributed by atoms with Crippen LogP contribution in [0, 0.1) is 0 Å². The molecule has 21 heteroatoms. The zero-order valence-corrected chi connectivity index (χ0v) is 22.5. The van der Waals surface area contributed by atoms with E-state index in [0.717, 1.165) is 10.9 Å². The number of aromatic nitrogens is 5. The number of hydrogen-bond donors (Lipinski definition) is 5. The number of anilines is 1. The third kappa shape index (κ3) is 5.93. The molecule has 2 bridgehead atoms. The van der Waals surface area contributed by atoms with Gasteiger partial charge in [-0.3, -0.25) is 32.4 Å². The molecule has 0 saturated carbocycles. The van der Waals surface area contributed by atoms with Gasteiger partial charge in [0.1, 0.15) is 30.5 Å². The topological polar surface area (TPSA) is 262 Å². The first-order chi connectivity index (χ1) is 19.5. The summed E-state index contributed by atoms with van der Waals surface area (Å²) in [6, 6.07) is 4.91. The van der Waals surface area contributed by atoms with Crippen LogP contribution in [0.2, 0.25) is 0 Å². The molecule has 19 nitrogen and oxygen atoms in total. The van der Waals surface area contributed by atoms with Gasteiger partial charge in [0.15, 0.2) is 17.4 Å². The number of rotatable bonds is 3. The van der Waals surface area contributed by atoms with Crippen molar-refractivity contribution in [1.82, 2.24) is 24.5 Å². The molecule has 3 saturated heterocycles. The number of imidazole rings is 1. The predicted octanol–water partition coefficient (Wildman–Crippen LogP) is -0.433. The number of aliphatic hydroxyl groups excluding tert-OH is 1. The summed E-state index contributed by atoms with van der Waals surface area (Å²) in [6.07, 6.45) is -7.02. The number of aliphatic hydroxyl groups is 1. The fourth-order valence-corrected chi connectivity index (χ4v) is 6.50. The molecule has 2 unspecified atom stereocenters. The van der Waals surface area contributed by atoms with E-state index in [1.807, 2.05) is 0 Å². The van der Waals surface area contributed by atoms with Gasteiger partial charge in [0, 0.05) is 18.7 Å². The molecule has 3 aliphatic rings. The summed E-state index contributed by atoms with van der Waals surface area (Å²) in [5, 5.41) is 10.9. The number of fused-ring (bicyclic) bond motifs is 4. The first-order valence-corrected chi connectivity index (χ1v) is 15.1. The molecule has 6 rings (SSSR count). The van der Waals surface area contributed by atoms with Crippen LogP contribution in [0.1, 0.15) is 12.6 Å². The van der Waals surface area contributed by atoms with Gasteiger partial charge in [0.05, 0.1) is 19.5 Å². The van der Waals surface area contributed by atoms with Crippen LogP contribution >= 0.6 is 15.6 Å². The molecular formula is C20H24N6O13P2. The van der Waals surface area contributed by atoms with Gasteiger partial charge in [0.25, 0.3) is 5.56 Å². The zero-order chi connectivity index (χ0) is 28.9. The molecule has 9 atom stereocenters. The van der Waals surface area contributed by atoms with E-state index in [1.165, 1.54) is 6.20 Å². The normalized spacial score (nSPS) is 38.1. The van der Waals surface area contributed by atoms with E-state index in [4.69, 9.17) is 38.0 Å². The average molecular weight is 618 g/mol. The lowest BCUT2D eigenvalue weighted by atomic mass is 10.1. The number of pyridine rings is 1. The van der Waals surface area contributed by atoms with Crippen molar-refractivity contribution in [2.45, 2.75) is 49.5 Å². The highest BCUT2D eigenvalue weighted by Crippen LogP contribution is 2.53. The van der Waals surface area contributed by atoms with Gasteiger partial charge in [-0.2, -0.15) is 4.98 Å². The summed E-state index contributed by atoms with van der Waals surface area (Å²) >= 11 is 0. The molecule has 6 N–H and O–H groups in total. The Morgan fingerprint density at radius 2 is 1.80 bits per heavy atom. The van der Waals surface area contributed by atoms with Crippen LogP contribution in [0.5, 0.6) is 5.88 Å². The molecule has 6 heterocycles. The Hall–Kier alpha value is -2.80. The summed E-state index contributed by atoms with van der Waals surface area (Å²) in [5.41, 5.74) is 4.74. The molecule has 0 aromatic carbocycles. The maximum absolute atomic E-state index is 13.0. The molecular weight excluding hydrogens is 594 g/mol. The van der Waals surface area contributed by atoms with Crippen molar-refractivity contribution in [1.29, 1.82) is 0 Å². The Morgan fingerprint density at radius 1 is 1.05 bits per heavy atom. The van der Waals surface area contributed by atoms with E-state index in [9.17, 15) is 28.8 Å². The van der Waals surface area contributed by atoms with Crippen LogP contribution in [0.3, 0.4) is 0 Å². The van der Waals surface area contributed by atoms with E-state index in [2.05, 4.69) is 19.9 Å². The summed E-state index contributed by atoms with van der Waals surface area (Å²) in [5.74, 6) is -0.0564. The number of aromatic amines is 1. The third-order valence-corrected chi connectivity index (χ3v) is 8.42. The predicted molar refractivity (Wildman–Crippen MR) is 132 cm³/mol. The van der Waals surface area contributed by atoms with Crippen LogP contribution < -0.4 is 16.0 Å². The molecule has 0 aliphatic carbocycles. The monoisotopic (exact) mass is 618 g/mol. The van der Waals surface area contributed by atoms with Crippen molar-refractivity contribution in [2.24, 2.45) is 0 Å². The largest absolute Gasteiger partial charge is 0.472 e. The number of phosphoric ester groups is 2. The number of nitrogens with one attached hydrogen (secondary N) is 1. The van der Waals surface area contributed by atoms with E-state index in [-0.39, 0.29) is 29.4 Å². The molecule has 3 aromatic heterocycles. The summed E-state index contributed by atoms with van der Waals surface area (Å²) in [6.45, 7) is -1.36. The standard InChI is InChI=1S/C20H24N6O13P2/c21-20-24-17-14(18(28)25-20)23-8-26(17)19-16-15(27)11(36-19)7-34-40(29,30)38-9-5-13(37-12-3-1-2-4-22-12)35-10(9)6-33-41(31,32)39-16/h1-4,8-11,13,15-16,19,27H,5-7H2,(H,29,30)(H,31,32)(H3,21,24,25,28)/t9-,10+,11+,13-,15+,16+,19+/m0/s1. The Balaban J connectivity index is 1.28. The second-order valence-electron chi connectivity index (χ2n) is 9.20. The van der Waals surface area contributed by atoms with Crippen LogP contribution in [0.25, 0.3) is 11.2 Å². The molecule has 0 amide bonds. The molecule has 222 valence electrons. The first kappa shape index (κ1) is 28.3. The second kappa shape index (κ2) is 10.8. The molecule has 3 aromatic rings. The Kier molecular flexibility index (Phi) is 7.46. The fourth-order valence-electron chi connectivity index (χ4n) is 4.61. The minimum absolute atomic E-state index is 0.0919.